The van der Waals surface area contributed by atoms with Crippen LogP contribution in [0.5, 0.6) is 0 Å². The second kappa shape index (κ2) is 8.89. The van der Waals surface area contributed by atoms with Gasteiger partial charge in [0, 0.05) is 43.7 Å². The fraction of sp³-hybridized carbons (Fsp3) is 0.333. The third kappa shape index (κ3) is 4.92. The average Bonchev–Trinajstić information content (AvgIpc) is 3.19. The van der Waals surface area contributed by atoms with Crippen molar-refractivity contribution >= 4 is 17.2 Å². The van der Waals surface area contributed by atoms with Gasteiger partial charge in [0.2, 0.25) is 5.91 Å². The van der Waals surface area contributed by atoms with E-state index in [4.69, 9.17) is 4.98 Å². The molecule has 2 aromatic carbocycles. The highest BCUT2D eigenvalue weighted by atomic mass is 32.1. The van der Waals surface area contributed by atoms with Gasteiger partial charge in [-0.25, -0.2) is 4.98 Å². The number of thiazole rings is 1. The molecule has 0 N–H and O–H groups in total. The number of carbonyl (C=O) groups excluding carboxylic acids is 1. The van der Waals surface area contributed by atoms with E-state index in [2.05, 4.69) is 60.5 Å². The lowest BCUT2D eigenvalue weighted by molar-refractivity contribution is -0.132. The normalized spacial score (nSPS) is 14.9. The molecule has 3 aromatic rings. The Morgan fingerprint density at radius 3 is 2.45 bits per heavy atom. The van der Waals surface area contributed by atoms with Crippen molar-refractivity contribution in [2.45, 2.75) is 26.8 Å². The molecule has 1 aromatic heterocycles. The molecule has 4 rings (SSSR count). The Bertz CT molecular complexity index is 972. The molecule has 1 aliphatic heterocycles. The van der Waals surface area contributed by atoms with Crippen LogP contribution >= 0.6 is 11.3 Å². The van der Waals surface area contributed by atoms with Crippen LogP contribution in [-0.4, -0.2) is 46.9 Å². The van der Waals surface area contributed by atoms with E-state index in [1.165, 1.54) is 16.7 Å². The van der Waals surface area contributed by atoms with E-state index >= 15 is 0 Å². The van der Waals surface area contributed by atoms with Crippen LogP contribution in [0.4, 0.5) is 0 Å². The molecule has 0 aliphatic carbocycles. The summed E-state index contributed by atoms with van der Waals surface area (Å²) in [6.07, 6.45) is 0.499. The van der Waals surface area contributed by atoms with Gasteiger partial charge < -0.3 is 4.90 Å². The van der Waals surface area contributed by atoms with Crippen LogP contribution in [0.25, 0.3) is 10.6 Å². The minimum absolute atomic E-state index is 0.231. The molecule has 2 heterocycles. The number of hydrogen-bond acceptors (Lipinski definition) is 4. The Morgan fingerprint density at radius 1 is 1.00 bits per heavy atom. The smallest absolute Gasteiger partial charge is 0.227 e. The predicted octanol–water partition coefficient (Wildman–Crippen LogP) is 4.31. The van der Waals surface area contributed by atoms with Crippen LogP contribution in [-0.2, 0) is 17.8 Å². The SMILES string of the molecule is Cc1ccc(-c2nc(CN3CCN(C(=O)Cc4ccccc4C)CC3)cs2)cc1. The van der Waals surface area contributed by atoms with Gasteiger partial charge in [-0.3, -0.25) is 9.69 Å². The van der Waals surface area contributed by atoms with Gasteiger partial charge in [0.1, 0.15) is 5.01 Å². The van der Waals surface area contributed by atoms with Crippen LogP contribution in [0.3, 0.4) is 0 Å². The summed E-state index contributed by atoms with van der Waals surface area (Å²) in [4.78, 5) is 21.9. The van der Waals surface area contributed by atoms with Crippen molar-refractivity contribution in [2.75, 3.05) is 26.2 Å². The molecule has 5 heteroatoms. The van der Waals surface area contributed by atoms with Crippen molar-refractivity contribution in [3.8, 4) is 10.6 Å². The maximum absolute atomic E-state index is 12.7. The lowest BCUT2D eigenvalue weighted by Gasteiger charge is -2.34. The monoisotopic (exact) mass is 405 g/mol. The standard InChI is InChI=1S/C24H27N3OS/c1-18-7-9-20(10-8-18)24-25-22(17-29-24)16-26-11-13-27(14-12-26)23(28)15-21-6-4-3-5-19(21)2/h3-10,17H,11-16H2,1-2H3. The second-order valence-corrected chi connectivity index (χ2v) is 8.63. The van der Waals surface area contributed by atoms with E-state index in [-0.39, 0.29) is 5.91 Å². The molecule has 0 unspecified atom stereocenters. The number of piperazine rings is 1. The van der Waals surface area contributed by atoms with Crippen LogP contribution < -0.4 is 0 Å². The molecule has 0 atom stereocenters. The quantitative estimate of drug-likeness (QED) is 0.635. The Balaban J connectivity index is 1.29. The number of aryl methyl sites for hydroxylation is 2. The van der Waals surface area contributed by atoms with E-state index in [1.807, 2.05) is 17.0 Å². The van der Waals surface area contributed by atoms with Gasteiger partial charge in [-0.2, -0.15) is 0 Å². The van der Waals surface area contributed by atoms with Crippen molar-refractivity contribution < 1.29 is 4.79 Å². The highest BCUT2D eigenvalue weighted by molar-refractivity contribution is 7.13. The molecule has 0 saturated carbocycles. The highest BCUT2D eigenvalue weighted by Gasteiger charge is 2.22. The molecular weight excluding hydrogens is 378 g/mol. The summed E-state index contributed by atoms with van der Waals surface area (Å²) < 4.78 is 0. The number of aromatic nitrogens is 1. The van der Waals surface area contributed by atoms with E-state index in [0.717, 1.165) is 49.0 Å². The summed E-state index contributed by atoms with van der Waals surface area (Å²) in [5, 5.41) is 3.23. The number of carbonyl (C=O) groups is 1. The molecule has 0 spiro atoms. The molecular formula is C24H27N3OS. The Labute approximate surface area is 176 Å². The predicted molar refractivity (Wildman–Crippen MR) is 119 cm³/mol. The third-order valence-corrected chi connectivity index (χ3v) is 6.50. The van der Waals surface area contributed by atoms with Gasteiger partial charge in [-0.1, -0.05) is 54.1 Å². The van der Waals surface area contributed by atoms with Crippen molar-refractivity contribution in [1.82, 2.24) is 14.8 Å². The number of rotatable bonds is 5. The Morgan fingerprint density at radius 2 is 1.72 bits per heavy atom. The molecule has 0 bridgehead atoms. The molecule has 1 saturated heterocycles. The minimum Gasteiger partial charge on any atom is -0.340 e. The fourth-order valence-corrected chi connectivity index (χ4v) is 4.49. The van der Waals surface area contributed by atoms with Gasteiger partial charge in [-0.15, -0.1) is 11.3 Å². The number of benzene rings is 2. The highest BCUT2D eigenvalue weighted by Crippen LogP contribution is 2.24. The first-order valence-corrected chi connectivity index (χ1v) is 11.0. The Kier molecular flexibility index (Phi) is 6.07. The molecule has 1 amide bonds. The van der Waals surface area contributed by atoms with E-state index in [9.17, 15) is 4.79 Å². The summed E-state index contributed by atoms with van der Waals surface area (Å²) >= 11 is 1.70. The van der Waals surface area contributed by atoms with Crippen LogP contribution in [0.1, 0.15) is 22.4 Å². The topological polar surface area (TPSA) is 36.4 Å². The maximum atomic E-state index is 12.7. The lowest BCUT2D eigenvalue weighted by atomic mass is 10.1. The molecule has 150 valence electrons. The summed E-state index contributed by atoms with van der Waals surface area (Å²) in [6.45, 7) is 8.40. The van der Waals surface area contributed by atoms with Crippen LogP contribution in [0.2, 0.25) is 0 Å². The van der Waals surface area contributed by atoms with Crippen LogP contribution in [0.15, 0.2) is 53.9 Å². The van der Waals surface area contributed by atoms with E-state index in [0.29, 0.717) is 6.42 Å². The number of nitrogens with zero attached hydrogens (tertiary/aromatic N) is 3. The van der Waals surface area contributed by atoms with E-state index < -0.39 is 0 Å². The first kappa shape index (κ1) is 19.8. The third-order valence-electron chi connectivity index (χ3n) is 5.56. The molecule has 1 aliphatic rings. The lowest BCUT2D eigenvalue weighted by Crippen LogP contribution is -2.48. The summed E-state index contributed by atoms with van der Waals surface area (Å²) in [7, 11) is 0. The van der Waals surface area contributed by atoms with E-state index in [1.54, 1.807) is 11.3 Å². The van der Waals surface area contributed by atoms with Crippen molar-refractivity contribution in [3.63, 3.8) is 0 Å². The minimum atomic E-state index is 0.231. The van der Waals surface area contributed by atoms with Crippen LogP contribution in [0, 0.1) is 13.8 Å². The van der Waals surface area contributed by atoms with Gasteiger partial charge in [0.25, 0.3) is 0 Å². The number of hydrogen-bond donors (Lipinski definition) is 0. The first-order chi connectivity index (χ1) is 14.1. The first-order valence-electron chi connectivity index (χ1n) is 10.1. The van der Waals surface area contributed by atoms with Crippen molar-refractivity contribution in [2.24, 2.45) is 0 Å². The van der Waals surface area contributed by atoms with Gasteiger partial charge in [0.05, 0.1) is 12.1 Å². The summed E-state index contributed by atoms with van der Waals surface area (Å²) in [5.74, 6) is 0.231. The zero-order valence-corrected chi connectivity index (χ0v) is 17.9. The summed E-state index contributed by atoms with van der Waals surface area (Å²) in [6, 6.07) is 16.7. The van der Waals surface area contributed by atoms with Crippen molar-refractivity contribution in [3.05, 3.63) is 76.3 Å². The fourth-order valence-electron chi connectivity index (χ4n) is 3.68. The average molecular weight is 406 g/mol. The van der Waals surface area contributed by atoms with Gasteiger partial charge >= 0.3 is 0 Å². The zero-order chi connectivity index (χ0) is 20.2. The molecule has 1 fully saturated rings. The largest absolute Gasteiger partial charge is 0.340 e. The zero-order valence-electron chi connectivity index (χ0n) is 17.1. The molecule has 0 radical (unpaired) electrons. The molecule has 4 nitrogen and oxygen atoms in total. The van der Waals surface area contributed by atoms with Crippen molar-refractivity contribution in [1.29, 1.82) is 0 Å². The molecule has 29 heavy (non-hydrogen) atoms. The van der Waals surface area contributed by atoms with Gasteiger partial charge in [0.15, 0.2) is 0 Å². The van der Waals surface area contributed by atoms with Gasteiger partial charge in [-0.05, 0) is 25.0 Å². The summed E-state index contributed by atoms with van der Waals surface area (Å²) in [5.41, 5.74) is 5.88. The second-order valence-electron chi connectivity index (χ2n) is 7.77. The Hall–Kier alpha value is -2.50. The number of amides is 1. The maximum Gasteiger partial charge on any atom is 0.227 e.